The van der Waals surface area contributed by atoms with E-state index in [9.17, 15) is 9.59 Å². The van der Waals surface area contributed by atoms with Gasteiger partial charge in [-0.2, -0.15) is 0 Å². The fourth-order valence-corrected chi connectivity index (χ4v) is 3.45. The Morgan fingerprint density at radius 2 is 1.74 bits per heavy atom. The van der Waals surface area contributed by atoms with Gasteiger partial charge in [-0.3, -0.25) is 9.59 Å². The Hall–Kier alpha value is -1.95. The molecule has 2 amide bonds. The summed E-state index contributed by atoms with van der Waals surface area (Å²) in [6, 6.07) is 15.8. The van der Waals surface area contributed by atoms with E-state index in [0.717, 1.165) is 22.2 Å². The molecule has 0 aliphatic carbocycles. The van der Waals surface area contributed by atoms with Gasteiger partial charge in [0.05, 0.1) is 4.91 Å². The molecule has 0 radical (unpaired) electrons. The SMILES string of the molecule is O=C1/C(=C/c2ccccc2)SC(=S)N1C(=O)c1ccc(Cl)cc1. The molecule has 3 rings (SSSR count). The Kier molecular flexibility index (Phi) is 4.61. The number of rotatable bonds is 2. The number of benzene rings is 2. The Morgan fingerprint density at radius 1 is 1.09 bits per heavy atom. The second-order valence-corrected chi connectivity index (χ2v) is 6.85. The zero-order chi connectivity index (χ0) is 16.4. The Bertz CT molecular complexity index is 816. The van der Waals surface area contributed by atoms with Gasteiger partial charge in [-0.05, 0) is 35.9 Å². The van der Waals surface area contributed by atoms with Gasteiger partial charge >= 0.3 is 0 Å². The van der Waals surface area contributed by atoms with Crippen molar-refractivity contribution in [3.63, 3.8) is 0 Å². The topological polar surface area (TPSA) is 37.4 Å². The number of thiocarbonyl (C=S) groups is 1. The molecule has 0 bridgehead atoms. The molecular weight excluding hydrogens is 350 g/mol. The number of imide groups is 1. The zero-order valence-corrected chi connectivity index (χ0v) is 14.1. The van der Waals surface area contributed by atoms with Crippen molar-refractivity contribution in [1.82, 2.24) is 4.90 Å². The fourth-order valence-electron chi connectivity index (χ4n) is 2.07. The van der Waals surface area contributed by atoms with Gasteiger partial charge in [0, 0.05) is 10.6 Å². The molecule has 0 saturated carbocycles. The first-order valence-corrected chi connectivity index (χ1v) is 8.29. The summed E-state index contributed by atoms with van der Waals surface area (Å²) < 4.78 is 0.233. The van der Waals surface area contributed by atoms with E-state index >= 15 is 0 Å². The summed E-state index contributed by atoms with van der Waals surface area (Å²) in [5.74, 6) is -0.843. The number of carbonyl (C=O) groups is 2. The lowest BCUT2D eigenvalue weighted by Gasteiger charge is -2.12. The third-order valence-corrected chi connectivity index (χ3v) is 4.74. The van der Waals surface area contributed by atoms with Crippen LogP contribution in [0.1, 0.15) is 15.9 Å². The molecule has 1 heterocycles. The van der Waals surface area contributed by atoms with Gasteiger partial charge in [0.15, 0.2) is 4.32 Å². The highest BCUT2D eigenvalue weighted by molar-refractivity contribution is 8.26. The third kappa shape index (κ3) is 3.37. The highest BCUT2D eigenvalue weighted by Gasteiger charge is 2.37. The summed E-state index contributed by atoms with van der Waals surface area (Å²) in [5.41, 5.74) is 1.25. The van der Waals surface area contributed by atoms with E-state index in [2.05, 4.69) is 0 Å². The lowest BCUT2D eigenvalue weighted by atomic mass is 10.2. The van der Waals surface area contributed by atoms with Crippen LogP contribution >= 0.6 is 35.6 Å². The first-order chi connectivity index (χ1) is 11.1. The normalized spacial score (nSPS) is 16.2. The van der Waals surface area contributed by atoms with Crippen LogP contribution in [0, 0.1) is 0 Å². The first kappa shape index (κ1) is 15.9. The Morgan fingerprint density at radius 3 is 2.39 bits per heavy atom. The number of hydrogen-bond donors (Lipinski definition) is 0. The summed E-state index contributed by atoms with van der Waals surface area (Å²) in [6.45, 7) is 0. The number of hydrogen-bond acceptors (Lipinski definition) is 4. The number of thioether (sulfide) groups is 1. The van der Waals surface area contributed by atoms with E-state index in [0.29, 0.717) is 15.5 Å². The van der Waals surface area contributed by atoms with Crippen LogP contribution in [-0.2, 0) is 4.79 Å². The summed E-state index contributed by atoms with van der Waals surface area (Å²) in [4.78, 5) is 26.5. The van der Waals surface area contributed by atoms with E-state index in [-0.39, 0.29) is 4.32 Å². The quantitative estimate of drug-likeness (QED) is 0.453. The minimum absolute atomic E-state index is 0.233. The number of halogens is 1. The van der Waals surface area contributed by atoms with E-state index < -0.39 is 11.8 Å². The number of amides is 2. The maximum Gasteiger partial charge on any atom is 0.273 e. The lowest BCUT2D eigenvalue weighted by molar-refractivity contribution is -0.120. The zero-order valence-electron chi connectivity index (χ0n) is 11.7. The highest BCUT2D eigenvalue weighted by atomic mass is 35.5. The molecule has 23 heavy (non-hydrogen) atoms. The number of nitrogens with zero attached hydrogens (tertiary/aromatic N) is 1. The van der Waals surface area contributed by atoms with Gasteiger partial charge in [-0.1, -0.05) is 65.9 Å². The van der Waals surface area contributed by atoms with Crippen LogP contribution in [0.4, 0.5) is 0 Å². The number of carbonyl (C=O) groups excluding carboxylic acids is 2. The standard InChI is InChI=1S/C17H10ClNO2S2/c18-13-8-6-12(7-9-13)15(20)19-16(21)14(23-17(19)22)10-11-4-2-1-3-5-11/h1-10H/b14-10-. The molecule has 1 aliphatic heterocycles. The monoisotopic (exact) mass is 359 g/mol. The molecule has 0 spiro atoms. The Labute approximate surface area is 147 Å². The van der Waals surface area contributed by atoms with Gasteiger partial charge in [-0.25, -0.2) is 4.90 Å². The van der Waals surface area contributed by atoms with Crippen molar-refractivity contribution in [2.75, 3.05) is 0 Å². The van der Waals surface area contributed by atoms with Crippen LogP contribution in [0.2, 0.25) is 5.02 Å². The van der Waals surface area contributed by atoms with Crippen LogP contribution in [0.3, 0.4) is 0 Å². The summed E-state index contributed by atoms with van der Waals surface area (Å²) in [6.07, 6.45) is 1.73. The van der Waals surface area contributed by atoms with Crippen LogP contribution < -0.4 is 0 Å². The maximum absolute atomic E-state index is 12.5. The van der Waals surface area contributed by atoms with Crippen LogP contribution in [0.5, 0.6) is 0 Å². The summed E-state index contributed by atoms with van der Waals surface area (Å²) in [7, 11) is 0. The molecule has 0 aromatic heterocycles. The van der Waals surface area contributed by atoms with E-state index in [1.54, 1.807) is 30.3 Å². The molecule has 114 valence electrons. The molecular formula is C17H10ClNO2S2. The minimum Gasteiger partial charge on any atom is -0.268 e. The predicted octanol–water partition coefficient (Wildman–Crippen LogP) is 4.38. The van der Waals surface area contributed by atoms with E-state index in [4.69, 9.17) is 23.8 Å². The molecule has 1 fully saturated rings. The second-order valence-electron chi connectivity index (χ2n) is 4.74. The molecule has 2 aromatic carbocycles. The van der Waals surface area contributed by atoms with Crippen LogP contribution in [0.15, 0.2) is 59.5 Å². The van der Waals surface area contributed by atoms with Crippen molar-refractivity contribution in [2.24, 2.45) is 0 Å². The van der Waals surface area contributed by atoms with Crippen molar-refractivity contribution >= 4 is 57.8 Å². The lowest BCUT2D eigenvalue weighted by Crippen LogP contribution is -2.34. The average Bonchev–Trinajstić information content (AvgIpc) is 2.82. The van der Waals surface area contributed by atoms with Gasteiger partial charge < -0.3 is 0 Å². The van der Waals surface area contributed by atoms with Crippen molar-refractivity contribution < 1.29 is 9.59 Å². The maximum atomic E-state index is 12.5. The van der Waals surface area contributed by atoms with Gasteiger partial charge in [0.25, 0.3) is 11.8 Å². The molecule has 0 unspecified atom stereocenters. The van der Waals surface area contributed by atoms with Crippen LogP contribution in [0.25, 0.3) is 6.08 Å². The van der Waals surface area contributed by atoms with Crippen molar-refractivity contribution in [3.8, 4) is 0 Å². The van der Waals surface area contributed by atoms with E-state index in [1.165, 1.54) is 0 Å². The third-order valence-electron chi connectivity index (χ3n) is 3.19. The largest absolute Gasteiger partial charge is 0.273 e. The molecule has 0 N–H and O–H groups in total. The molecule has 0 atom stereocenters. The fraction of sp³-hybridized carbons (Fsp3) is 0. The molecule has 1 aliphatic rings. The van der Waals surface area contributed by atoms with Crippen molar-refractivity contribution in [2.45, 2.75) is 0 Å². The van der Waals surface area contributed by atoms with Crippen molar-refractivity contribution in [3.05, 3.63) is 75.7 Å². The van der Waals surface area contributed by atoms with Crippen LogP contribution in [-0.4, -0.2) is 21.0 Å². The summed E-state index contributed by atoms with van der Waals surface area (Å²) >= 11 is 12.1. The van der Waals surface area contributed by atoms with Gasteiger partial charge in [0.1, 0.15) is 0 Å². The van der Waals surface area contributed by atoms with Gasteiger partial charge in [-0.15, -0.1) is 0 Å². The second kappa shape index (κ2) is 6.66. The van der Waals surface area contributed by atoms with E-state index in [1.807, 2.05) is 30.3 Å². The molecule has 2 aromatic rings. The summed E-state index contributed by atoms with van der Waals surface area (Å²) in [5, 5.41) is 0.524. The molecule has 1 saturated heterocycles. The smallest absolute Gasteiger partial charge is 0.268 e. The Balaban J connectivity index is 1.88. The van der Waals surface area contributed by atoms with Gasteiger partial charge in [0.2, 0.25) is 0 Å². The minimum atomic E-state index is -0.444. The predicted molar refractivity (Wildman–Crippen MR) is 97.2 cm³/mol. The highest BCUT2D eigenvalue weighted by Crippen LogP contribution is 2.33. The average molecular weight is 360 g/mol. The molecule has 3 nitrogen and oxygen atoms in total. The first-order valence-electron chi connectivity index (χ1n) is 6.69. The van der Waals surface area contributed by atoms with Crippen molar-refractivity contribution in [1.29, 1.82) is 0 Å². The molecule has 6 heteroatoms.